The van der Waals surface area contributed by atoms with E-state index < -0.39 is 39.5 Å². The summed E-state index contributed by atoms with van der Waals surface area (Å²) < 4.78 is 93.8. The van der Waals surface area contributed by atoms with Crippen LogP contribution in [-0.4, -0.2) is 45.8 Å². The van der Waals surface area contributed by atoms with E-state index in [2.05, 4.69) is 36.6 Å². The molecule has 1 atom stereocenters. The molecule has 278 valence electrons. The highest BCUT2D eigenvalue weighted by Crippen LogP contribution is 2.42. The van der Waals surface area contributed by atoms with Gasteiger partial charge in [-0.15, -0.1) is 0 Å². The number of anilines is 1. The number of nitrogens with zero attached hydrogens (tertiary/aromatic N) is 1. The fraction of sp³-hybridized carbons (Fsp3) is 0.324. The van der Waals surface area contributed by atoms with Gasteiger partial charge in [0.1, 0.15) is 29.5 Å². The molecule has 0 aromatic heterocycles. The molecule has 0 aliphatic carbocycles. The maximum absolute atomic E-state index is 13.7. The van der Waals surface area contributed by atoms with E-state index in [0.29, 0.717) is 57.5 Å². The molecule has 0 spiro atoms. The van der Waals surface area contributed by atoms with Gasteiger partial charge in [-0.3, -0.25) is 4.72 Å². The third-order valence-corrected chi connectivity index (χ3v) is 10.8. The van der Waals surface area contributed by atoms with Crippen molar-refractivity contribution in [3.8, 4) is 17.2 Å². The Labute approximate surface area is 317 Å². The van der Waals surface area contributed by atoms with E-state index in [1.807, 2.05) is 24.3 Å². The number of hydrogen-bond donors (Lipinski definition) is 1. The lowest BCUT2D eigenvalue weighted by molar-refractivity contribution is -0.137. The van der Waals surface area contributed by atoms with Crippen LogP contribution in [0, 0.1) is 0 Å². The Morgan fingerprint density at radius 2 is 1.54 bits per heavy atom. The van der Waals surface area contributed by atoms with E-state index in [-0.39, 0.29) is 22.9 Å². The largest absolute Gasteiger partial charge is 0.497 e. The number of alkyl halides is 3. The van der Waals surface area contributed by atoms with Gasteiger partial charge in [0, 0.05) is 6.54 Å². The number of halogens is 5. The molecule has 5 rings (SSSR count). The number of carbonyl (C=O) groups is 1. The van der Waals surface area contributed by atoms with Gasteiger partial charge in [0.15, 0.2) is 0 Å². The third kappa shape index (κ3) is 9.34. The molecule has 1 aliphatic rings. The lowest BCUT2D eigenvalue weighted by atomic mass is 9.88. The normalized spacial score (nSPS) is 14.7. The van der Waals surface area contributed by atoms with Crippen molar-refractivity contribution in [3.05, 3.63) is 110 Å². The van der Waals surface area contributed by atoms with E-state index in [4.69, 9.17) is 18.9 Å². The summed E-state index contributed by atoms with van der Waals surface area (Å²) in [6.07, 6.45) is -4.46. The fourth-order valence-corrected chi connectivity index (χ4v) is 8.41. The number of hydrogen-bond acceptors (Lipinski definition) is 7. The first-order chi connectivity index (χ1) is 24.4. The number of benzene rings is 4. The minimum Gasteiger partial charge on any atom is -0.497 e. The monoisotopic (exact) mass is 868 g/mol. The number of sulfonamides is 1. The van der Waals surface area contributed by atoms with Crippen molar-refractivity contribution in [2.45, 2.75) is 62.9 Å². The lowest BCUT2D eigenvalue weighted by Crippen LogP contribution is -2.43. The van der Waals surface area contributed by atoms with Crippen molar-refractivity contribution in [3.63, 3.8) is 0 Å². The minimum atomic E-state index is -4.64. The molecular formula is C37H37Br2F3N2O7S. The predicted octanol–water partition coefficient (Wildman–Crippen LogP) is 9.70. The molecule has 0 saturated heterocycles. The number of amides is 1. The van der Waals surface area contributed by atoms with Gasteiger partial charge in [0.2, 0.25) is 0 Å². The first kappa shape index (κ1) is 39.3. The molecule has 1 amide bonds. The standard InChI is InChI=1S/C37H37Br2F3N2O7S/c1-36(2,3)51-35(45)44-15-14-24-19-33(50-21-22-6-10-26(48-4)11-7-22)31(43-52(46,47)27-12-8-25(9-13-27)37(40,41)42)20-28(24)32(44)18-23-16-29(38)34(49-5)30(39)17-23/h6-13,16-17,19-20,32,43H,14-15,18,21H2,1-5H3. The molecule has 1 aliphatic heterocycles. The first-order valence-corrected chi connectivity index (χ1v) is 19.1. The molecule has 1 N–H and O–H groups in total. The van der Waals surface area contributed by atoms with Crippen LogP contribution < -0.4 is 18.9 Å². The summed E-state index contributed by atoms with van der Waals surface area (Å²) in [5, 5.41) is 0. The van der Waals surface area contributed by atoms with Crippen molar-refractivity contribution in [2.24, 2.45) is 0 Å². The first-order valence-electron chi connectivity index (χ1n) is 16.0. The number of nitrogens with one attached hydrogen (secondary N) is 1. The molecule has 52 heavy (non-hydrogen) atoms. The maximum Gasteiger partial charge on any atom is 0.416 e. The molecule has 0 saturated carbocycles. The van der Waals surface area contributed by atoms with Crippen molar-refractivity contribution in [2.75, 3.05) is 25.5 Å². The van der Waals surface area contributed by atoms with Gasteiger partial charge in [0.25, 0.3) is 10.0 Å². The van der Waals surface area contributed by atoms with Gasteiger partial charge < -0.3 is 23.8 Å². The molecule has 4 aromatic carbocycles. The highest BCUT2D eigenvalue weighted by molar-refractivity contribution is 9.11. The second-order valence-corrected chi connectivity index (χ2v) is 16.4. The highest BCUT2D eigenvalue weighted by atomic mass is 79.9. The number of ether oxygens (including phenoxy) is 4. The average molecular weight is 871 g/mol. The van der Waals surface area contributed by atoms with Crippen LogP contribution in [0.2, 0.25) is 0 Å². The number of carbonyl (C=O) groups excluding carboxylic acids is 1. The SMILES string of the molecule is COc1ccc(COc2cc3c(cc2NS(=O)(=O)c2ccc(C(F)(F)F)cc2)C(Cc2cc(Br)c(OC)c(Br)c2)N(C(=O)OC(C)(C)C)CC3)cc1. The Hall–Kier alpha value is -3.95. The Bertz CT molecular complexity index is 2010. The smallest absolute Gasteiger partial charge is 0.416 e. The predicted molar refractivity (Wildman–Crippen MR) is 198 cm³/mol. The topological polar surface area (TPSA) is 103 Å². The molecule has 15 heteroatoms. The van der Waals surface area contributed by atoms with Gasteiger partial charge >= 0.3 is 12.3 Å². The Morgan fingerprint density at radius 3 is 2.10 bits per heavy atom. The molecule has 0 fully saturated rings. The van der Waals surface area contributed by atoms with Crippen LogP contribution in [0.1, 0.15) is 54.6 Å². The van der Waals surface area contributed by atoms with Crippen LogP contribution in [0.4, 0.5) is 23.7 Å². The van der Waals surface area contributed by atoms with Gasteiger partial charge in [-0.25, -0.2) is 13.2 Å². The molecular weight excluding hydrogens is 833 g/mol. The quantitative estimate of drug-likeness (QED) is 0.169. The maximum atomic E-state index is 13.7. The van der Waals surface area contributed by atoms with Gasteiger partial charge in [0.05, 0.1) is 45.4 Å². The molecule has 0 bridgehead atoms. The van der Waals surface area contributed by atoms with Crippen LogP contribution >= 0.6 is 31.9 Å². The third-order valence-electron chi connectivity index (χ3n) is 8.21. The highest BCUT2D eigenvalue weighted by Gasteiger charge is 2.36. The Morgan fingerprint density at radius 1 is 0.904 bits per heavy atom. The summed E-state index contributed by atoms with van der Waals surface area (Å²) in [5.41, 5.74) is 1.35. The second kappa shape index (κ2) is 15.6. The number of methoxy groups -OCH3 is 2. The zero-order chi connectivity index (χ0) is 38.0. The zero-order valence-electron chi connectivity index (χ0n) is 28.9. The molecule has 1 unspecified atom stereocenters. The summed E-state index contributed by atoms with van der Waals surface area (Å²) in [5.74, 6) is 1.44. The van der Waals surface area contributed by atoms with E-state index in [0.717, 1.165) is 28.8 Å². The van der Waals surface area contributed by atoms with E-state index in [1.165, 1.54) is 0 Å². The van der Waals surface area contributed by atoms with Crippen LogP contribution in [0.25, 0.3) is 0 Å². The van der Waals surface area contributed by atoms with Crippen molar-refractivity contribution in [1.82, 2.24) is 4.90 Å². The van der Waals surface area contributed by atoms with E-state index in [9.17, 15) is 26.4 Å². The summed E-state index contributed by atoms with van der Waals surface area (Å²) in [7, 11) is -1.31. The number of fused-ring (bicyclic) bond motifs is 1. The Kier molecular flexibility index (Phi) is 11.8. The van der Waals surface area contributed by atoms with Gasteiger partial charge in [-0.05, 0) is 148 Å². The molecule has 9 nitrogen and oxygen atoms in total. The molecule has 0 radical (unpaired) electrons. The van der Waals surface area contributed by atoms with Crippen LogP contribution in [0.15, 0.2) is 86.6 Å². The van der Waals surface area contributed by atoms with E-state index >= 15 is 0 Å². The van der Waals surface area contributed by atoms with Crippen LogP contribution in [0.5, 0.6) is 17.2 Å². The zero-order valence-corrected chi connectivity index (χ0v) is 32.9. The minimum absolute atomic E-state index is 0.0419. The molecule has 4 aromatic rings. The van der Waals surface area contributed by atoms with Crippen molar-refractivity contribution >= 4 is 53.7 Å². The van der Waals surface area contributed by atoms with E-state index in [1.54, 1.807) is 64.2 Å². The summed E-state index contributed by atoms with van der Waals surface area (Å²) >= 11 is 7.10. The van der Waals surface area contributed by atoms with Crippen LogP contribution in [-0.2, 0) is 40.4 Å². The Balaban J connectivity index is 1.60. The summed E-state index contributed by atoms with van der Waals surface area (Å²) in [6, 6.07) is 16.9. The molecule has 1 heterocycles. The lowest BCUT2D eigenvalue weighted by Gasteiger charge is -2.39. The average Bonchev–Trinajstić information content (AvgIpc) is 3.06. The number of rotatable bonds is 10. The summed E-state index contributed by atoms with van der Waals surface area (Å²) in [4.78, 5) is 14.9. The van der Waals surface area contributed by atoms with Crippen molar-refractivity contribution in [1.29, 1.82) is 0 Å². The second-order valence-electron chi connectivity index (χ2n) is 13.0. The van der Waals surface area contributed by atoms with Crippen molar-refractivity contribution < 1.29 is 45.3 Å². The van der Waals surface area contributed by atoms with Gasteiger partial charge in [-0.2, -0.15) is 13.2 Å². The van der Waals surface area contributed by atoms with Gasteiger partial charge in [-0.1, -0.05) is 12.1 Å². The fourth-order valence-electron chi connectivity index (χ4n) is 5.75. The van der Waals surface area contributed by atoms with Crippen LogP contribution in [0.3, 0.4) is 0 Å². The summed E-state index contributed by atoms with van der Waals surface area (Å²) in [6.45, 7) is 5.70.